The summed E-state index contributed by atoms with van der Waals surface area (Å²) in [4.78, 5) is 13.3. The number of ether oxygens (including phenoxy) is 6. The van der Waals surface area contributed by atoms with E-state index in [4.69, 9.17) is 28.4 Å². The Morgan fingerprint density at radius 1 is 1.18 bits per heavy atom. The SMILES string of the molecule is CO[C@H]1O[C@@H]2CO[C@@H](c3ccccc3)O[C@H]2C(=O)[C@@H]1[C@@H](O)[C@@H]1COC(C)(C)O1. The first kappa shape index (κ1) is 19.9. The van der Waals surface area contributed by atoms with Crippen LogP contribution in [-0.4, -0.2) is 67.7 Å². The molecule has 8 heteroatoms. The Balaban J connectivity index is 1.52. The molecule has 0 spiro atoms. The molecule has 7 atom stereocenters. The fourth-order valence-electron chi connectivity index (χ4n) is 3.90. The Labute approximate surface area is 163 Å². The van der Waals surface area contributed by atoms with Gasteiger partial charge in [-0.2, -0.15) is 0 Å². The van der Waals surface area contributed by atoms with E-state index in [0.29, 0.717) is 0 Å². The van der Waals surface area contributed by atoms with Crippen LogP contribution in [0.4, 0.5) is 0 Å². The summed E-state index contributed by atoms with van der Waals surface area (Å²) in [6, 6.07) is 9.38. The summed E-state index contributed by atoms with van der Waals surface area (Å²) in [6.07, 6.45) is -4.86. The molecule has 0 unspecified atom stereocenters. The number of Topliss-reactive ketones (excluding diaryl/α,β-unsaturated/α-hetero) is 1. The predicted octanol–water partition coefficient (Wildman–Crippen LogP) is 1.17. The van der Waals surface area contributed by atoms with Gasteiger partial charge in [-0.1, -0.05) is 30.3 Å². The lowest BCUT2D eigenvalue weighted by Gasteiger charge is -2.45. The summed E-state index contributed by atoms with van der Waals surface area (Å²) < 4.78 is 34.2. The van der Waals surface area contributed by atoms with Gasteiger partial charge in [0.15, 0.2) is 24.2 Å². The molecule has 1 aromatic carbocycles. The number of aliphatic hydroxyl groups is 1. The van der Waals surface area contributed by atoms with Gasteiger partial charge in [-0.15, -0.1) is 0 Å². The molecule has 8 nitrogen and oxygen atoms in total. The van der Waals surface area contributed by atoms with Crippen LogP contribution in [0.15, 0.2) is 30.3 Å². The van der Waals surface area contributed by atoms with Crippen molar-refractivity contribution < 1.29 is 38.3 Å². The number of ketones is 1. The van der Waals surface area contributed by atoms with Gasteiger partial charge >= 0.3 is 0 Å². The molecule has 3 heterocycles. The summed E-state index contributed by atoms with van der Waals surface area (Å²) in [6.45, 7) is 3.89. The first-order valence-electron chi connectivity index (χ1n) is 9.43. The maximum Gasteiger partial charge on any atom is 0.184 e. The van der Waals surface area contributed by atoms with Crippen LogP contribution in [0.2, 0.25) is 0 Å². The fourth-order valence-corrected chi connectivity index (χ4v) is 3.90. The molecule has 4 rings (SSSR count). The van der Waals surface area contributed by atoms with Gasteiger partial charge in [0, 0.05) is 12.7 Å². The molecular formula is C20H26O8. The second-order valence-electron chi connectivity index (χ2n) is 7.70. The normalized spacial score (nSPS) is 38.8. The van der Waals surface area contributed by atoms with Crippen LogP contribution < -0.4 is 0 Å². The third kappa shape index (κ3) is 3.73. The first-order chi connectivity index (χ1) is 13.4. The molecule has 0 saturated carbocycles. The Hall–Kier alpha value is -1.39. The number of hydrogen-bond acceptors (Lipinski definition) is 8. The number of rotatable bonds is 4. The van der Waals surface area contributed by atoms with Crippen molar-refractivity contribution >= 4 is 5.78 Å². The monoisotopic (exact) mass is 394 g/mol. The third-order valence-corrected chi connectivity index (χ3v) is 5.31. The lowest BCUT2D eigenvalue weighted by molar-refractivity contribution is -0.315. The number of benzene rings is 1. The van der Waals surface area contributed by atoms with Gasteiger partial charge in [-0.3, -0.25) is 4.79 Å². The van der Waals surface area contributed by atoms with Crippen molar-refractivity contribution in [1.82, 2.24) is 0 Å². The van der Waals surface area contributed by atoms with Gasteiger partial charge < -0.3 is 33.5 Å². The smallest absolute Gasteiger partial charge is 0.184 e. The van der Waals surface area contributed by atoms with Gasteiger partial charge in [0.25, 0.3) is 0 Å². The molecule has 0 aliphatic carbocycles. The maximum absolute atomic E-state index is 13.3. The van der Waals surface area contributed by atoms with E-state index in [2.05, 4.69) is 0 Å². The van der Waals surface area contributed by atoms with Gasteiger partial charge in [0.05, 0.1) is 19.3 Å². The summed E-state index contributed by atoms with van der Waals surface area (Å²) >= 11 is 0. The second-order valence-corrected chi connectivity index (χ2v) is 7.70. The summed E-state index contributed by atoms with van der Waals surface area (Å²) in [5.74, 6) is -2.06. The topological polar surface area (TPSA) is 92.7 Å². The minimum absolute atomic E-state index is 0.180. The zero-order valence-electron chi connectivity index (χ0n) is 16.1. The van der Waals surface area contributed by atoms with E-state index in [1.54, 1.807) is 13.8 Å². The van der Waals surface area contributed by atoms with Crippen LogP contribution in [0.25, 0.3) is 0 Å². The van der Waals surface area contributed by atoms with E-state index in [1.165, 1.54) is 7.11 Å². The molecule has 1 N–H and O–H groups in total. The summed E-state index contributed by atoms with van der Waals surface area (Å²) in [5, 5.41) is 10.9. The van der Waals surface area contributed by atoms with Crippen LogP contribution in [-0.2, 0) is 33.2 Å². The van der Waals surface area contributed by atoms with Crippen molar-refractivity contribution in [2.45, 2.75) is 56.6 Å². The molecule has 0 radical (unpaired) electrons. The number of methoxy groups -OCH3 is 1. The lowest BCUT2D eigenvalue weighted by Crippen LogP contribution is -2.61. The number of fused-ring (bicyclic) bond motifs is 1. The zero-order valence-corrected chi connectivity index (χ0v) is 16.1. The highest BCUT2D eigenvalue weighted by molar-refractivity contribution is 5.88. The Kier molecular flexibility index (Phi) is 5.54. The van der Waals surface area contributed by atoms with Crippen LogP contribution >= 0.6 is 0 Å². The van der Waals surface area contributed by atoms with Crippen molar-refractivity contribution in [3.05, 3.63) is 35.9 Å². The van der Waals surface area contributed by atoms with E-state index < -0.39 is 48.7 Å². The molecule has 0 aromatic heterocycles. The van der Waals surface area contributed by atoms with Crippen molar-refractivity contribution in [1.29, 1.82) is 0 Å². The molecule has 3 fully saturated rings. The molecule has 3 saturated heterocycles. The summed E-state index contributed by atoms with van der Waals surface area (Å²) in [5.41, 5.74) is 0.814. The average molecular weight is 394 g/mol. The van der Waals surface area contributed by atoms with E-state index >= 15 is 0 Å². The number of carbonyl (C=O) groups excluding carboxylic acids is 1. The van der Waals surface area contributed by atoms with Crippen LogP contribution in [0.1, 0.15) is 25.7 Å². The standard InChI is InChI=1S/C20H26O8/c1-20(2)25-10-12(28-20)15(21)14-16(22)17-13(26-19(14)23-3)9-24-18(27-17)11-7-5-4-6-8-11/h4-8,12-15,17-19,21H,9-10H2,1-3H3/t12-,13+,14-,15-,17+,18+,19-/m0/s1. The Bertz CT molecular complexity index is 693. The van der Waals surface area contributed by atoms with Crippen LogP contribution in [0.5, 0.6) is 0 Å². The molecule has 1 aromatic rings. The number of carbonyl (C=O) groups is 1. The largest absolute Gasteiger partial charge is 0.389 e. The van der Waals surface area contributed by atoms with Crippen LogP contribution in [0.3, 0.4) is 0 Å². The van der Waals surface area contributed by atoms with Crippen molar-refractivity contribution in [2.24, 2.45) is 5.92 Å². The highest BCUT2D eigenvalue weighted by atomic mass is 16.8. The highest BCUT2D eigenvalue weighted by Crippen LogP contribution is 2.37. The van der Waals surface area contributed by atoms with Gasteiger partial charge in [-0.25, -0.2) is 0 Å². The maximum atomic E-state index is 13.3. The van der Waals surface area contributed by atoms with Crippen LogP contribution in [0, 0.1) is 5.92 Å². The van der Waals surface area contributed by atoms with Gasteiger partial charge in [0.1, 0.15) is 24.2 Å². The molecule has 3 aliphatic heterocycles. The molecule has 154 valence electrons. The highest BCUT2D eigenvalue weighted by Gasteiger charge is 2.54. The molecule has 0 amide bonds. The van der Waals surface area contributed by atoms with E-state index in [0.717, 1.165) is 5.56 Å². The third-order valence-electron chi connectivity index (χ3n) is 5.31. The minimum Gasteiger partial charge on any atom is -0.389 e. The molecule has 0 bridgehead atoms. The lowest BCUT2D eigenvalue weighted by atomic mass is 9.85. The Morgan fingerprint density at radius 2 is 1.93 bits per heavy atom. The van der Waals surface area contributed by atoms with Crippen molar-refractivity contribution in [2.75, 3.05) is 20.3 Å². The summed E-state index contributed by atoms with van der Waals surface area (Å²) in [7, 11) is 1.44. The van der Waals surface area contributed by atoms with E-state index in [-0.39, 0.29) is 19.0 Å². The molecular weight excluding hydrogens is 368 g/mol. The van der Waals surface area contributed by atoms with E-state index in [1.807, 2.05) is 30.3 Å². The van der Waals surface area contributed by atoms with Gasteiger partial charge in [0.2, 0.25) is 0 Å². The number of aliphatic hydroxyl groups excluding tert-OH is 1. The zero-order chi connectivity index (χ0) is 19.9. The average Bonchev–Trinajstić information content (AvgIpc) is 3.07. The van der Waals surface area contributed by atoms with Crippen molar-refractivity contribution in [3.8, 4) is 0 Å². The fraction of sp³-hybridized carbons (Fsp3) is 0.650. The first-order valence-corrected chi connectivity index (χ1v) is 9.43. The van der Waals surface area contributed by atoms with Gasteiger partial charge in [-0.05, 0) is 13.8 Å². The quantitative estimate of drug-likeness (QED) is 0.814. The predicted molar refractivity (Wildman–Crippen MR) is 95.1 cm³/mol. The molecule has 3 aliphatic rings. The molecule has 28 heavy (non-hydrogen) atoms. The number of hydrogen-bond donors (Lipinski definition) is 1. The van der Waals surface area contributed by atoms with E-state index in [9.17, 15) is 9.90 Å². The van der Waals surface area contributed by atoms with Crippen molar-refractivity contribution in [3.63, 3.8) is 0 Å². The second kappa shape index (κ2) is 7.79. The minimum atomic E-state index is -1.15. The Morgan fingerprint density at radius 3 is 2.57 bits per heavy atom.